The molecule has 1 aromatic heterocycles. The number of aliphatic carboxylic acids is 1. The van der Waals surface area contributed by atoms with Crippen LogP contribution in [0.1, 0.15) is 33.4 Å². The first-order chi connectivity index (χ1) is 14.8. The fraction of sp³-hybridized carbons (Fsp3) is 0.611. The summed E-state index contributed by atoms with van der Waals surface area (Å²) in [5, 5.41) is 42.5. The van der Waals surface area contributed by atoms with Gasteiger partial charge in [0, 0.05) is 6.20 Å². The average molecular weight is 715 g/mol. The fourth-order valence-corrected chi connectivity index (χ4v) is 2.81. The number of aliphatic hydroxyl groups is 3. The van der Waals surface area contributed by atoms with Crippen molar-refractivity contribution >= 4 is 23.8 Å². The summed E-state index contributed by atoms with van der Waals surface area (Å²) in [7, 11) is 0. The van der Waals surface area contributed by atoms with Crippen LogP contribution in [0.15, 0.2) is 17.1 Å². The van der Waals surface area contributed by atoms with Crippen molar-refractivity contribution in [2.75, 3.05) is 11.9 Å². The van der Waals surface area contributed by atoms with Crippen LogP contribution in [0.2, 0.25) is 0 Å². The quantitative estimate of drug-likeness (QED) is 0.185. The Morgan fingerprint density at radius 1 is 1.27 bits per heavy atom. The number of ether oxygens (including phenoxy) is 2. The number of carboxylic acid groups (broad SMARTS) is 1. The second kappa shape index (κ2) is 10.5. The van der Waals surface area contributed by atoms with Crippen LogP contribution in [0, 0.1) is 0 Å². The van der Waals surface area contributed by atoms with Gasteiger partial charge in [-0.05, 0) is 26.8 Å². The molecule has 33 heavy (non-hydrogen) atoms. The molecule has 1 aliphatic rings. The molecule has 1 saturated heterocycles. The molecule has 2 rings (SSSR count). The summed E-state index contributed by atoms with van der Waals surface area (Å²) < 4.78 is 11.1. The number of aliphatic hydroxyl groups excluding tert-OH is 3. The summed E-state index contributed by atoms with van der Waals surface area (Å²) in [5.41, 5.74) is -1.81. The van der Waals surface area contributed by atoms with E-state index in [1.165, 1.54) is 6.07 Å². The Kier molecular flexibility index (Phi) is 8.58. The number of aromatic nitrogens is 2. The van der Waals surface area contributed by atoms with E-state index in [-0.39, 0.29) is 5.82 Å². The van der Waals surface area contributed by atoms with Crippen molar-refractivity contribution in [2.45, 2.75) is 63.4 Å². The van der Waals surface area contributed by atoms with Crippen molar-refractivity contribution in [1.29, 1.82) is 0 Å². The number of nitrogens with zero attached hydrogens (tertiary/aromatic N) is 2. The van der Waals surface area contributed by atoms with Crippen LogP contribution in [-0.2, 0) is 19.1 Å². The van der Waals surface area contributed by atoms with E-state index in [0.29, 0.717) is 0 Å². The molecule has 6 N–H and O–H groups in total. The first kappa shape index (κ1) is 27.0. The van der Waals surface area contributed by atoms with Gasteiger partial charge in [-0.15, -0.1) is 0 Å². The Labute approximate surface area is 181 Å². The van der Waals surface area contributed by atoms with E-state index in [0.717, 1.165) is 10.8 Å². The summed E-state index contributed by atoms with van der Waals surface area (Å²) in [4.78, 5) is 51.2. The zero-order valence-electron chi connectivity index (χ0n) is 17.9. The normalized spacial score (nSPS) is 23.2. The fourth-order valence-electron chi connectivity index (χ4n) is 2.81. The maximum atomic E-state index is 12.3. The summed E-state index contributed by atoms with van der Waals surface area (Å²) in [6.45, 7) is 4.18. The van der Waals surface area contributed by atoms with Gasteiger partial charge in [0.15, 0.2) is 6.23 Å². The molecule has 1 unspecified atom stereocenters. The van der Waals surface area contributed by atoms with Crippen molar-refractivity contribution in [2.24, 2.45) is 0 Å². The van der Waals surface area contributed by atoms with Gasteiger partial charge < -0.3 is 40.5 Å². The molecule has 0 saturated carbocycles. The number of carboxylic acids is 1. The van der Waals surface area contributed by atoms with Crippen molar-refractivity contribution in [3.05, 3.63) is 22.7 Å². The molecule has 0 radical (unpaired) electrons. The Bertz CT molecular complexity index is 918. The molecule has 0 spiro atoms. The molecule has 1 fully saturated rings. The summed E-state index contributed by atoms with van der Waals surface area (Å²) in [5.74, 6) is -2.55. The summed E-state index contributed by atoms with van der Waals surface area (Å²) in [6.07, 6.45) is -5.86. The molecule has 0 aromatic carbocycles. The maximum absolute atomic E-state index is 12.3. The molecular formula is C18H26FmN4O10. The van der Waals surface area contributed by atoms with Gasteiger partial charge in [-0.1, -0.05) is 0 Å². The average Bonchev–Trinajstić information content (AvgIpc) is 2.94. The van der Waals surface area contributed by atoms with Crippen LogP contribution < -0.4 is 16.3 Å². The molecular weight excluding hydrogens is 689 g/mol. The van der Waals surface area contributed by atoms with Gasteiger partial charge in [0.2, 0.25) is 5.91 Å². The minimum absolute atomic E-state index is 0. The number of nitrogens with one attached hydrogen (secondary N) is 2. The molecule has 2 amide bonds. The third-order valence-corrected chi connectivity index (χ3v) is 4.27. The predicted molar refractivity (Wildman–Crippen MR) is 106 cm³/mol. The second-order valence-corrected chi connectivity index (χ2v) is 8.02. The zero-order chi connectivity index (χ0) is 24.2. The predicted octanol–water partition coefficient (Wildman–Crippen LogP) is -1.84. The first-order valence-electron chi connectivity index (χ1n) is 9.56. The first-order valence-corrected chi connectivity index (χ1v) is 9.56. The smallest absolute Gasteiger partial charge is 0.408 e. The minimum Gasteiger partial charge on any atom is -0.480 e. The van der Waals surface area contributed by atoms with Crippen LogP contribution in [0.25, 0.3) is 0 Å². The molecule has 2 heterocycles. The topological polar surface area (TPSA) is 210 Å². The number of carbonyl (C=O) groups is 3. The Balaban J connectivity index is 0.00000544. The van der Waals surface area contributed by atoms with Gasteiger partial charge in [0.25, 0.3) is 0 Å². The molecule has 1 aromatic rings. The van der Waals surface area contributed by atoms with Gasteiger partial charge in [-0.2, -0.15) is 4.98 Å². The third-order valence-electron chi connectivity index (χ3n) is 4.27. The largest absolute Gasteiger partial charge is 0.480 e. The van der Waals surface area contributed by atoms with E-state index in [1.54, 1.807) is 20.8 Å². The van der Waals surface area contributed by atoms with Crippen LogP contribution in [0.5, 0.6) is 0 Å². The van der Waals surface area contributed by atoms with E-state index in [9.17, 15) is 34.5 Å². The van der Waals surface area contributed by atoms with Gasteiger partial charge >= 0.3 is 17.8 Å². The van der Waals surface area contributed by atoms with E-state index < -0.39 is 72.9 Å². The van der Waals surface area contributed by atoms with E-state index in [1.807, 2.05) is 0 Å². The molecule has 190 valence electrons. The molecule has 5 atom stereocenters. The maximum Gasteiger partial charge on any atom is 0.408 e. The second-order valence-electron chi connectivity index (χ2n) is 8.02. The molecule has 0 bridgehead atoms. The van der Waals surface area contributed by atoms with E-state index >= 15 is 0 Å². The van der Waals surface area contributed by atoms with Crippen molar-refractivity contribution < 1.29 is 44.3 Å². The number of amides is 2. The van der Waals surface area contributed by atoms with E-state index in [4.69, 9.17) is 14.6 Å². The van der Waals surface area contributed by atoms with Gasteiger partial charge in [0.05, 0.1) is 13.0 Å². The number of rotatable bonds is 7. The molecule has 0 aliphatic carbocycles. The Hall–Kier alpha value is -4.07. The standard InChI is InChI=1S/C18H26N4O10.Fm/c1-18(2,3)32-17(30)19-8(15(27)28)6-11(24)20-10-4-5-22(16(29)21-10)14-13(26)12(25)9(7-23)31-14;/h4-5,8-9,12-14,23,25-26H,6-7H2,1-3H3,(H,19,30)(H,27,28)(H,20,21,24,29);/t8-,9+,12?,13+,14+;/m0./s1. The zero-order valence-corrected chi connectivity index (χ0v) is 20.3. The number of hydrogen-bond acceptors (Lipinski definition) is 10. The Morgan fingerprint density at radius 3 is 2.39 bits per heavy atom. The molecule has 14 nitrogen and oxygen atoms in total. The molecule has 15 heteroatoms. The van der Waals surface area contributed by atoms with Crippen molar-refractivity contribution in [3.8, 4) is 0 Å². The number of carbonyl (C=O) groups excluding carboxylic acids is 2. The van der Waals surface area contributed by atoms with Gasteiger partial charge in [-0.3, -0.25) is 9.36 Å². The number of hydrogen-bond donors (Lipinski definition) is 6. The Morgan fingerprint density at radius 2 is 1.91 bits per heavy atom. The van der Waals surface area contributed by atoms with Gasteiger partial charge in [0.1, 0.15) is 35.8 Å². The summed E-state index contributed by atoms with van der Waals surface area (Å²) >= 11 is 0. The SMILES string of the molecule is CC(C)(C)OC(=O)N[C@@H](CC(=O)Nc1ccn([C@@H]2O[C@H](CO)C(O)[C@H]2O)c(=O)n1)C(=O)O.[Fm]. The van der Waals surface area contributed by atoms with Crippen LogP contribution in [0.3, 0.4) is 0 Å². The van der Waals surface area contributed by atoms with Crippen LogP contribution in [-0.4, -0.2) is 84.5 Å². The van der Waals surface area contributed by atoms with Crippen molar-refractivity contribution in [3.63, 3.8) is 0 Å². The van der Waals surface area contributed by atoms with Crippen LogP contribution >= 0.6 is 0 Å². The van der Waals surface area contributed by atoms with Crippen molar-refractivity contribution in [1.82, 2.24) is 14.9 Å². The molecule has 1 aliphatic heterocycles. The van der Waals surface area contributed by atoms with E-state index in [2.05, 4.69) is 15.6 Å². The minimum atomic E-state index is -1.59. The summed E-state index contributed by atoms with van der Waals surface area (Å²) in [6, 6.07) is -0.408. The number of alkyl carbamates (subject to hydrolysis) is 1. The number of anilines is 1. The monoisotopic (exact) mass is 715 g/mol. The van der Waals surface area contributed by atoms with Gasteiger partial charge in [-0.25, -0.2) is 14.4 Å². The third kappa shape index (κ3) is 6.96. The van der Waals surface area contributed by atoms with Crippen LogP contribution in [0.4, 0.5) is 10.6 Å².